The summed E-state index contributed by atoms with van der Waals surface area (Å²) in [5, 5.41) is 0. The topological polar surface area (TPSA) is 38.8 Å². The molecule has 1 rings (SSSR count). The van der Waals surface area contributed by atoms with Crippen LogP contribution in [0.5, 0.6) is 0 Å². The van der Waals surface area contributed by atoms with Crippen LogP contribution in [0.25, 0.3) is 0 Å². The second-order valence-corrected chi connectivity index (χ2v) is 3.50. The number of morpholine rings is 1. The SMILES string of the molecule is CC(C)C(=O)N1CCOCC1.COC. The van der Waals surface area contributed by atoms with Crippen LogP contribution in [0.2, 0.25) is 0 Å². The Morgan fingerprint density at radius 2 is 1.71 bits per heavy atom. The van der Waals surface area contributed by atoms with Gasteiger partial charge in [0.2, 0.25) is 5.91 Å². The zero-order valence-corrected chi connectivity index (χ0v) is 9.58. The van der Waals surface area contributed by atoms with Crippen LogP contribution in [-0.2, 0) is 14.3 Å². The first kappa shape index (κ1) is 13.4. The molecule has 1 amide bonds. The van der Waals surface area contributed by atoms with Crippen molar-refractivity contribution in [3.63, 3.8) is 0 Å². The van der Waals surface area contributed by atoms with Gasteiger partial charge in [0.15, 0.2) is 0 Å². The lowest BCUT2D eigenvalue weighted by molar-refractivity contribution is -0.138. The molecular weight excluding hydrogens is 182 g/mol. The van der Waals surface area contributed by atoms with Crippen molar-refractivity contribution in [3.05, 3.63) is 0 Å². The number of methoxy groups -OCH3 is 1. The minimum atomic E-state index is 0.119. The van der Waals surface area contributed by atoms with Gasteiger partial charge in [-0.2, -0.15) is 0 Å². The van der Waals surface area contributed by atoms with Crippen molar-refractivity contribution >= 4 is 5.91 Å². The third-order valence-corrected chi connectivity index (χ3v) is 1.82. The summed E-state index contributed by atoms with van der Waals surface area (Å²) >= 11 is 0. The maximum Gasteiger partial charge on any atom is 0.225 e. The first-order chi connectivity index (χ1) is 6.63. The number of ether oxygens (including phenoxy) is 2. The number of amides is 1. The Morgan fingerprint density at radius 1 is 1.29 bits per heavy atom. The molecule has 0 bridgehead atoms. The molecular formula is C10H21NO3. The second kappa shape index (κ2) is 7.76. The zero-order chi connectivity index (χ0) is 11.0. The first-order valence-corrected chi connectivity index (χ1v) is 4.90. The van der Waals surface area contributed by atoms with Gasteiger partial charge >= 0.3 is 0 Å². The largest absolute Gasteiger partial charge is 0.388 e. The second-order valence-electron chi connectivity index (χ2n) is 3.50. The Hall–Kier alpha value is -0.610. The highest BCUT2D eigenvalue weighted by molar-refractivity contribution is 5.78. The third-order valence-electron chi connectivity index (χ3n) is 1.82. The fourth-order valence-corrected chi connectivity index (χ4v) is 1.15. The smallest absolute Gasteiger partial charge is 0.225 e. The highest BCUT2D eigenvalue weighted by Crippen LogP contribution is 2.03. The molecule has 0 radical (unpaired) electrons. The normalized spacial score (nSPS) is 16.2. The molecule has 1 heterocycles. The van der Waals surface area contributed by atoms with E-state index < -0.39 is 0 Å². The Kier molecular flexibility index (Phi) is 7.42. The van der Waals surface area contributed by atoms with Gasteiger partial charge in [-0.3, -0.25) is 4.79 Å². The van der Waals surface area contributed by atoms with Crippen LogP contribution >= 0.6 is 0 Å². The van der Waals surface area contributed by atoms with Crippen molar-refractivity contribution in [1.29, 1.82) is 0 Å². The molecule has 1 aliphatic heterocycles. The standard InChI is InChI=1S/C8H15NO2.C2H6O/c1-7(2)8(10)9-3-5-11-6-4-9;1-3-2/h7H,3-6H2,1-2H3;1-2H3. The average molecular weight is 203 g/mol. The minimum Gasteiger partial charge on any atom is -0.388 e. The predicted molar refractivity (Wildman–Crippen MR) is 55.2 cm³/mol. The molecule has 4 heteroatoms. The molecule has 1 saturated heterocycles. The van der Waals surface area contributed by atoms with Gasteiger partial charge in [-0.15, -0.1) is 0 Å². The molecule has 84 valence electrons. The number of rotatable bonds is 1. The van der Waals surface area contributed by atoms with Gasteiger partial charge in [0.25, 0.3) is 0 Å². The van der Waals surface area contributed by atoms with Crippen LogP contribution in [0.15, 0.2) is 0 Å². The highest BCUT2D eigenvalue weighted by Gasteiger charge is 2.18. The summed E-state index contributed by atoms with van der Waals surface area (Å²) in [4.78, 5) is 13.2. The van der Waals surface area contributed by atoms with Crippen molar-refractivity contribution in [2.24, 2.45) is 5.92 Å². The van der Waals surface area contributed by atoms with Gasteiger partial charge in [0.1, 0.15) is 0 Å². The van der Waals surface area contributed by atoms with E-state index in [0.717, 1.165) is 13.1 Å². The molecule has 0 saturated carbocycles. The van der Waals surface area contributed by atoms with E-state index in [2.05, 4.69) is 4.74 Å². The van der Waals surface area contributed by atoms with Crippen molar-refractivity contribution in [2.45, 2.75) is 13.8 Å². The van der Waals surface area contributed by atoms with Crippen molar-refractivity contribution in [1.82, 2.24) is 4.90 Å². The molecule has 14 heavy (non-hydrogen) atoms. The van der Waals surface area contributed by atoms with E-state index in [0.29, 0.717) is 13.2 Å². The van der Waals surface area contributed by atoms with Gasteiger partial charge < -0.3 is 14.4 Å². The number of carbonyl (C=O) groups excluding carboxylic acids is 1. The van der Waals surface area contributed by atoms with Crippen LogP contribution in [0, 0.1) is 5.92 Å². The lowest BCUT2D eigenvalue weighted by atomic mass is 10.2. The Bertz CT molecular complexity index is 153. The van der Waals surface area contributed by atoms with Gasteiger partial charge in [-0.1, -0.05) is 13.8 Å². The average Bonchev–Trinajstić information content (AvgIpc) is 2.19. The van der Waals surface area contributed by atoms with Crippen molar-refractivity contribution in [3.8, 4) is 0 Å². The van der Waals surface area contributed by atoms with Crippen molar-refractivity contribution in [2.75, 3.05) is 40.5 Å². The quantitative estimate of drug-likeness (QED) is 0.631. The van der Waals surface area contributed by atoms with Gasteiger partial charge in [-0.05, 0) is 0 Å². The van der Waals surface area contributed by atoms with E-state index in [1.165, 1.54) is 0 Å². The zero-order valence-electron chi connectivity index (χ0n) is 9.58. The van der Waals surface area contributed by atoms with Gasteiger partial charge in [-0.25, -0.2) is 0 Å². The van der Waals surface area contributed by atoms with E-state index in [1.54, 1.807) is 14.2 Å². The summed E-state index contributed by atoms with van der Waals surface area (Å²) in [6.07, 6.45) is 0. The molecule has 0 spiro atoms. The summed E-state index contributed by atoms with van der Waals surface area (Å²) in [5.41, 5.74) is 0. The van der Waals surface area contributed by atoms with E-state index in [4.69, 9.17) is 4.74 Å². The molecule has 0 aromatic heterocycles. The molecule has 0 atom stereocenters. The van der Waals surface area contributed by atoms with Crippen LogP contribution < -0.4 is 0 Å². The predicted octanol–water partition coefficient (Wildman–Crippen LogP) is 0.764. The summed E-state index contributed by atoms with van der Waals surface area (Å²) in [5.74, 6) is 0.362. The molecule has 0 aromatic carbocycles. The Morgan fingerprint density at radius 3 is 2.07 bits per heavy atom. The summed E-state index contributed by atoms with van der Waals surface area (Å²) in [7, 11) is 3.25. The number of nitrogens with zero attached hydrogens (tertiary/aromatic N) is 1. The summed E-state index contributed by atoms with van der Waals surface area (Å²) < 4.78 is 9.39. The van der Waals surface area contributed by atoms with Crippen LogP contribution in [0.4, 0.5) is 0 Å². The van der Waals surface area contributed by atoms with Gasteiger partial charge in [0.05, 0.1) is 13.2 Å². The monoisotopic (exact) mass is 203 g/mol. The molecule has 0 aromatic rings. The van der Waals surface area contributed by atoms with Gasteiger partial charge in [0, 0.05) is 33.2 Å². The molecule has 0 unspecified atom stereocenters. The fourth-order valence-electron chi connectivity index (χ4n) is 1.15. The number of carbonyl (C=O) groups is 1. The third kappa shape index (κ3) is 5.19. The van der Waals surface area contributed by atoms with E-state index in [1.807, 2.05) is 18.7 Å². The number of hydrogen-bond donors (Lipinski definition) is 0. The van der Waals surface area contributed by atoms with Crippen LogP contribution in [0.1, 0.15) is 13.8 Å². The molecule has 1 fully saturated rings. The van der Waals surface area contributed by atoms with Crippen LogP contribution in [-0.4, -0.2) is 51.3 Å². The highest BCUT2D eigenvalue weighted by atomic mass is 16.5. The number of hydrogen-bond acceptors (Lipinski definition) is 3. The maximum absolute atomic E-state index is 11.4. The molecule has 0 N–H and O–H groups in total. The Labute approximate surface area is 86.2 Å². The fraction of sp³-hybridized carbons (Fsp3) is 0.900. The van der Waals surface area contributed by atoms with E-state index >= 15 is 0 Å². The maximum atomic E-state index is 11.4. The molecule has 1 aliphatic rings. The lowest BCUT2D eigenvalue weighted by Gasteiger charge is -2.28. The van der Waals surface area contributed by atoms with Crippen LogP contribution in [0.3, 0.4) is 0 Å². The molecule has 0 aliphatic carbocycles. The summed E-state index contributed by atoms with van der Waals surface area (Å²) in [6.45, 7) is 6.76. The first-order valence-electron chi connectivity index (χ1n) is 4.90. The molecule has 4 nitrogen and oxygen atoms in total. The Balaban J connectivity index is 0.000000500. The minimum absolute atomic E-state index is 0.119. The van der Waals surface area contributed by atoms with Crippen molar-refractivity contribution < 1.29 is 14.3 Å². The van der Waals surface area contributed by atoms with E-state index in [-0.39, 0.29) is 11.8 Å². The lowest BCUT2D eigenvalue weighted by Crippen LogP contribution is -2.42. The summed E-state index contributed by atoms with van der Waals surface area (Å²) in [6, 6.07) is 0. The van der Waals surface area contributed by atoms with E-state index in [9.17, 15) is 4.79 Å².